The number of esters is 1. The molecule has 0 saturated carbocycles. The van der Waals surface area contributed by atoms with Crippen molar-refractivity contribution in [3.05, 3.63) is 54.1 Å². The minimum atomic E-state index is -3.00. The zero-order valence-corrected chi connectivity index (χ0v) is 17.9. The summed E-state index contributed by atoms with van der Waals surface area (Å²) in [7, 11) is 0. The van der Waals surface area contributed by atoms with Gasteiger partial charge in [-0.15, -0.1) is 0 Å². The molecule has 0 aromatic heterocycles. The van der Waals surface area contributed by atoms with Gasteiger partial charge in [0.25, 0.3) is 5.91 Å². The number of hydrogen-bond acceptors (Lipinski definition) is 6. The number of anilines is 2. The van der Waals surface area contributed by atoms with E-state index in [0.717, 1.165) is 6.08 Å². The van der Waals surface area contributed by atoms with Crippen LogP contribution in [-0.4, -0.2) is 43.7 Å². The second-order valence-corrected chi connectivity index (χ2v) is 6.92. The van der Waals surface area contributed by atoms with Gasteiger partial charge in [0.2, 0.25) is 5.91 Å². The molecule has 0 spiro atoms. The third-order valence-electron chi connectivity index (χ3n) is 4.57. The predicted octanol–water partition coefficient (Wildman–Crippen LogP) is 3.62. The first-order valence-corrected chi connectivity index (χ1v) is 10.1. The van der Waals surface area contributed by atoms with Gasteiger partial charge in [0.1, 0.15) is 6.54 Å². The third-order valence-corrected chi connectivity index (χ3v) is 4.57. The van der Waals surface area contributed by atoms with Crippen LogP contribution in [0.3, 0.4) is 0 Å². The van der Waals surface area contributed by atoms with Gasteiger partial charge in [0.05, 0.1) is 18.0 Å². The Balaban J connectivity index is 1.66. The third kappa shape index (κ3) is 6.06. The molecule has 0 saturated heterocycles. The lowest BCUT2D eigenvalue weighted by atomic mass is 10.1. The van der Waals surface area contributed by atoms with E-state index in [-0.39, 0.29) is 30.6 Å². The molecular weight excluding hydrogens is 438 g/mol. The summed E-state index contributed by atoms with van der Waals surface area (Å²) in [6.07, 6.45) is 1.33. The maximum atomic E-state index is 12.8. The Morgan fingerprint density at radius 2 is 1.94 bits per heavy atom. The van der Waals surface area contributed by atoms with Crippen molar-refractivity contribution >= 4 is 35.2 Å². The number of carbonyl (C=O) groups excluding carboxylic acids is 3. The first-order valence-electron chi connectivity index (χ1n) is 10.1. The molecule has 10 heteroatoms. The summed E-state index contributed by atoms with van der Waals surface area (Å²) in [6, 6.07) is 11.0. The van der Waals surface area contributed by atoms with E-state index in [2.05, 4.69) is 10.1 Å². The number of halogens is 2. The lowest BCUT2D eigenvalue weighted by molar-refractivity contribution is -0.149. The number of carbonyl (C=O) groups is 3. The Labute approximate surface area is 188 Å². The van der Waals surface area contributed by atoms with Gasteiger partial charge in [0.15, 0.2) is 17.6 Å². The van der Waals surface area contributed by atoms with Gasteiger partial charge >= 0.3 is 12.6 Å². The number of benzene rings is 2. The first-order chi connectivity index (χ1) is 15.8. The lowest BCUT2D eigenvalue weighted by Gasteiger charge is -2.30. The zero-order chi connectivity index (χ0) is 24.0. The molecule has 174 valence electrons. The quantitative estimate of drug-likeness (QED) is 0.478. The number of nitrogens with one attached hydrogen (secondary N) is 1. The number of amides is 2. The highest BCUT2D eigenvalue weighted by molar-refractivity contribution is 6.11. The molecule has 1 aliphatic rings. The van der Waals surface area contributed by atoms with Crippen LogP contribution in [-0.2, 0) is 19.1 Å². The lowest BCUT2D eigenvalue weighted by Crippen LogP contribution is -2.46. The largest absolute Gasteiger partial charge is 0.490 e. The van der Waals surface area contributed by atoms with Gasteiger partial charge < -0.3 is 19.5 Å². The summed E-state index contributed by atoms with van der Waals surface area (Å²) < 4.78 is 39.9. The van der Waals surface area contributed by atoms with E-state index >= 15 is 0 Å². The van der Waals surface area contributed by atoms with Crippen LogP contribution in [0.25, 0.3) is 6.08 Å². The van der Waals surface area contributed by atoms with Crippen LogP contribution in [0, 0.1) is 0 Å². The molecule has 1 aliphatic heterocycles. The average Bonchev–Trinajstić information content (AvgIpc) is 2.78. The van der Waals surface area contributed by atoms with E-state index in [1.54, 1.807) is 31.2 Å². The van der Waals surface area contributed by atoms with Crippen LogP contribution in [0.15, 0.2) is 48.5 Å². The molecule has 0 fully saturated rings. The van der Waals surface area contributed by atoms with E-state index in [9.17, 15) is 23.2 Å². The van der Waals surface area contributed by atoms with Crippen molar-refractivity contribution in [1.82, 2.24) is 0 Å². The van der Waals surface area contributed by atoms with Crippen LogP contribution in [0.4, 0.5) is 20.2 Å². The van der Waals surface area contributed by atoms with E-state index in [0.29, 0.717) is 16.9 Å². The van der Waals surface area contributed by atoms with Gasteiger partial charge in [0, 0.05) is 6.08 Å². The fourth-order valence-corrected chi connectivity index (χ4v) is 3.17. The molecule has 0 radical (unpaired) electrons. The van der Waals surface area contributed by atoms with Crippen molar-refractivity contribution in [3.63, 3.8) is 0 Å². The summed E-state index contributed by atoms with van der Waals surface area (Å²) in [5, 5.41) is 2.68. The predicted molar refractivity (Wildman–Crippen MR) is 116 cm³/mol. The maximum Gasteiger partial charge on any atom is 0.387 e. The summed E-state index contributed by atoms with van der Waals surface area (Å²) in [5.74, 6) is -1.73. The molecule has 0 bridgehead atoms. The van der Waals surface area contributed by atoms with Gasteiger partial charge in [-0.3, -0.25) is 14.5 Å². The SMILES string of the molecule is CCOc1cc(C=CC(=O)OC(C)C(=O)N2CC(=O)Nc3ccccc32)ccc1OC(F)F. The van der Waals surface area contributed by atoms with Crippen molar-refractivity contribution in [2.75, 3.05) is 23.4 Å². The second-order valence-electron chi connectivity index (χ2n) is 6.92. The van der Waals surface area contributed by atoms with Crippen LogP contribution < -0.4 is 19.7 Å². The molecule has 1 unspecified atom stereocenters. The molecule has 2 aromatic carbocycles. The Morgan fingerprint density at radius 3 is 2.67 bits per heavy atom. The summed E-state index contributed by atoms with van der Waals surface area (Å²) in [5.41, 5.74) is 1.47. The normalized spacial score (nSPS) is 14.0. The van der Waals surface area contributed by atoms with Gasteiger partial charge in [-0.1, -0.05) is 18.2 Å². The Kier molecular flexibility index (Phi) is 7.60. The Bertz CT molecular complexity index is 1070. The Morgan fingerprint density at radius 1 is 1.18 bits per heavy atom. The molecule has 2 amide bonds. The molecule has 1 N–H and O–H groups in total. The zero-order valence-electron chi connectivity index (χ0n) is 17.9. The number of hydrogen-bond donors (Lipinski definition) is 1. The van der Waals surface area contributed by atoms with Crippen LogP contribution in [0.2, 0.25) is 0 Å². The van der Waals surface area contributed by atoms with Gasteiger partial charge in [-0.25, -0.2) is 4.79 Å². The number of ether oxygens (including phenoxy) is 3. The Hall–Kier alpha value is -3.95. The van der Waals surface area contributed by atoms with Crippen molar-refractivity contribution < 1.29 is 37.4 Å². The summed E-state index contributed by atoms with van der Waals surface area (Å²) in [4.78, 5) is 38.2. The molecule has 8 nitrogen and oxygen atoms in total. The highest BCUT2D eigenvalue weighted by Crippen LogP contribution is 2.31. The fraction of sp³-hybridized carbons (Fsp3) is 0.261. The molecule has 0 aliphatic carbocycles. The number of nitrogens with zero attached hydrogens (tertiary/aromatic N) is 1. The molecule has 3 rings (SSSR count). The van der Waals surface area contributed by atoms with Crippen molar-refractivity contribution in [2.45, 2.75) is 26.6 Å². The van der Waals surface area contributed by atoms with Crippen molar-refractivity contribution in [1.29, 1.82) is 0 Å². The molecule has 33 heavy (non-hydrogen) atoms. The van der Waals surface area contributed by atoms with Crippen LogP contribution >= 0.6 is 0 Å². The van der Waals surface area contributed by atoms with E-state index in [1.807, 2.05) is 0 Å². The van der Waals surface area contributed by atoms with Crippen LogP contribution in [0.5, 0.6) is 11.5 Å². The molecule has 1 atom stereocenters. The van der Waals surface area contributed by atoms with Crippen molar-refractivity contribution in [2.24, 2.45) is 0 Å². The summed E-state index contributed by atoms with van der Waals surface area (Å²) in [6.45, 7) is 0.131. The topological polar surface area (TPSA) is 94.2 Å². The second kappa shape index (κ2) is 10.6. The van der Waals surface area contributed by atoms with Crippen LogP contribution in [0.1, 0.15) is 19.4 Å². The average molecular weight is 460 g/mol. The van der Waals surface area contributed by atoms with E-state index in [1.165, 1.54) is 36.1 Å². The number of para-hydroxylation sites is 2. The number of rotatable bonds is 8. The van der Waals surface area contributed by atoms with E-state index in [4.69, 9.17) is 9.47 Å². The smallest absolute Gasteiger partial charge is 0.387 e. The fourth-order valence-electron chi connectivity index (χ4n) is 3.17. The number of fused-ring (bicyclic) bond motifs is 1. The first kappa shape index (κ1) is 23.7. The molecule has 2 aromatic rings. The number of alkyl halides is 2. The highest BCUT2D eigenvalue weighted by atomic mass is 19.3. The van der Waals surface area contributed by atoms with Crippen molar-refractivity contribution in [3.8, 4) is 11.5 Å². The van der Waals surface area contributed by atoms with Gasteiger partial charge in [-0.2, -0.15) is 8.78 Å². The van der Waals surface area contributed by atoms with E-state index < -0.39 is 24.6 Å². The molecule has 1 heterocycles. The summed E-state index contributed by atoms with van der Waals surface area (Å²) >= 11 is 0. The highest BCUT2D eigenvalue weighted by Gasteiger charge is 2.31. The molecular formula is C23H22F2N2O6. The minimum Gasteiger partial charge on any atom is -0.490 e. The standard InChI is InChI=1S/C23H22F2N2O6/c1-3-31-19-12-15(8-10-18(19)33-23(24)25)9-11-21(29)32-14(2)22(30)27-13-20(28)26-16-6-4-5-7-17(16)27/h4-12,14,23H,3,13H2,1-2H3,(H,26,28). The van der Waals surface area contributed by atoms with Gasteiger partial charge in [-0.05, 0) is 49.8 Å². The minimum absolute atomic E-state index is 0.0962. The maximum absolute atomic E-state index is 12.8. The monoisotopic (exact) mass is 460 g/mol.